The Hall–Kier alpha value is -1.07. The summed E-state index contributed by atoms with van der Waals surface area (Å²) in [6.07, 6.45) is 0.282. The molecular weight excluding hydrogens is 240 g/mol. The molecule has 96 valence electrons. The Morgan fingerprint density at radius 2 is 2.18 bits per heavy atom. The van der Waals surface area contributed by atoms with Crippen LogP contribution in [0.3, 0.4) is 0 Å². The molecule has 0 aliphatic rings. The summed E-state index contributed by atoms with van der Waals surface area (Å²) in [5, 5.41) is 8.10. The van der Waals surface area contributed by atoms with Crippen molar-refractivity contribution in [1.29, 1.82) is 0 Å². The zero-order chi connectivity index (χ0) is 13.2. The average molecular weight is 259 g/mol. The normalized spacial score (nSPS) is 11.8. The van der Waals surface area contributed by atoms with Gasteiger partial charge in [0.1, 0.15) is 5.15 Å². The molecule has 3 N–H and O–H groups in total. The highest BCUT2D eigenvalue weighted by Crippen LogP contribution is 2.19. The fourth-order valence-corrected chi connectivity index (χ4v) is 1.94. The van der Waals surface area contributed by atoms with Crippen LogP contribution < -0.4 is 11.1 Å². The number of hydrogen-bond acceptors (Lipinski definition) is 3. The van der Waals surface area contributed by atoms with Gasteiger partial charge in [-0.25, -0.2) is 0 Å². The molecule has 0 fully saturated rings. The second-order valence-corrected chi connectivity index (χ2v) is 5.22. The lowest BCUT2D eigenvalue weighted by Gasteiger charge is -2.24. The predicted octanol–water partition coefficient (Wildman–Crippen LogP) is 1.13. The van der Waals surface area contributed by atoms with E-state index in [4.69, 9.17) is 17.3 Å². The molecule has 1 amide bonds. The van der Waals surface area contributed by atoms with Crippen molar-refractivity contribution in [1.82, 2.24) is 15.1 Å². The van der Waals surface area contributed by atoms with Gasteiger partial charge < -0.3 is 11.1 Å². The Balaban J connectivity index is 2.70. The van der Waals surface area contributed by atoms with Gasteiger partial charge in [0.05, 0.1) is 5.69 Å². The first-order valence-electron chi connectivity index (χ1n) is 5.44. The van der Waals surface area contributed by atoms with Crippen LogP contribution in [0.2, 0.25) is 5.15 Å². The number of nitrogens with two attached hydrogens (primary N) is 1. The maximum atomic E-state index is 10.9. The predicted molar refractivity (Wildman–Crippen MR) is 67.7 cm³/mol. The average Bonchev–Trinajstić information content (AvgIpc) is 2.37. The van der Waals surface area contributed by atoms with E-state index in [0.717, 1.165) is 11.3 Å². The summed E-state index contributed by atoms with van der Waals surface area (Å²) in [6, 6.07) is 0. The van der Waals surface area contributed by atoms with E-state index in [-0.39, 0.29) is 17.9 Å². The van der Waals surface area contributed by atoms with Gasteiger partial charge in [0.25, 0.3) is 0 Å². The number of carbonyl (C=O) groups excluding carboxylic acids is 1. The summed E-state index contributed by atoms with van der Waals surface area (Å²) < 4.78 is 1.63. The van der Waals surface area contributed by atoms with Crippen LogP contribution in [0, 0.1) is 6.92 Å². The van der Waals surface area contributed by atoms with E-state index in [1.54, 1.807) is 11.7 Å². The molecule has 1 aromatic heterocycles. The second kappa shape index (κ2) is 5.06. The molecule has 0 aromatic carbocycles. The van der Waals surface area contributed by atoms with Crippen LogP contribution in [0.25, 0.3) is 0 Å². The van der Waals surface area contributed by atoms with Gasteiger partial charge in [-0.15, -0.1) is 0 Å². The van der Waals surface area contributed by atoms with Crippen molar-refractivity contribution in [3.63, 3.8) is 0 Å². The summed E-state index contributed by atoms with van der Waals surface area (Å²) in [4.78, 5) is 10.9. The molecule has 6 heteroatoms. The van der Waals surface area contributed by atoms with Crippen molar-refractivity contribution in [3.05, 3.63) is 16.4 Å². The van der Waals surface area contributed by atoms with Crippen LogP contribution >= 0.6 is 11.6 Å². The fourth-order valence-electron chi connectivity index (χ4n) is 1.70. The summed E-state index contributed by atoms with van der Waals surface area (Å²) in [7, 11) is 1.80. The smallest absolute Gasteiger partial charge is 0.219 e. The van der Waals surface area contributed by atoms with E-state index in [0.29, 0.717) is 11.7 Å². The largest absolute Gasteiger partial charge is 0.370 e. The number of halogens is 1. The minimum Gasteiger partial charge on any atom is -0.370 e. The summed E-state index contributed by atoms with van der Waals surface area (Å²) >= 11 is 6.12. The minimum absolute atomic E-state index is 0.282. The summed E-state index contributed by atoms with van der Waals surface area (Å²) in [5.41, 5.74) is 6.68. The molecule has 1 aromatic rings. The Kier molecular flexibility index (Phi) is 4.16. The van der Waals surface area contributed by atoms with E-state index in [1.165, 1.54) is 0 Å². The standard InChI is InChI=1S/C11H19ClN4O/c1-7-8(10(12)16(4)15-7)6-14-11(2,3)5-9(13)17/h14H,5-6H2,1-4H3,(H2,13,17). The van der Waals surface area contributed by atoms with Crippen molar-refractivity contribution >= 4 is 17.5 Å². The highest BCUT2D eigenvalue weighted by atomic mass is 35.5. The zero-order valence-electron chi connectivity index (χ0n) is 10.7. The number of primary amides is 1. The number of aromatic nitrogens is 2. The zero-order valence-corrected chi connectivity index (χ0v) is 11.4. The first-order chi connectivity index (χ1) is 7.73. The molecule has 0 atom stereocenters. The minimum atomic E-state index is -0.350. The van der Waals surface area contributed by atoms with Crippen LogP contribution in [0.15, 0.2) is 0 Å². The van der Waals surface area contributed by atoms with Gasteiger partial charge in [-0.1, -0.05) is 11.6 Å². The summed E-state index contributed by atoms with van der Waals surface area (Å²) in [6.45, 7) is 6.33. The topological polar surface area (TPSA) is 72.9 Å². The highest BCUT2D eigenvalue weighted by molar-refractivity contribution is 6.30. The Bertz CT molecular complexity index is 425. The molecule has 0 aliphatic heterocycles. The Morgan fingerprint density at radius 3 is 2.59 bits per heavy atom. The van der Waals surface area contributed by atoms with Gasteiger partial charge in [-0.3, -0.25) is 9.48 Å². The summed E-state index contributed by atoms with van der Waals surface area (Å²) in [5.74, 6) is -0.323. The van der Waals surface area contributed by atoms with Crippen LogP contribution in [-0.2, 0) is 18.4 Å². The van der Waals surface area contributed by atoms with Gasteiger partial charge in [0.2, 0.25) is 5.91 Å². The van der Waals surface area contributed by atoms with Gasteiger partial charge in [-0.2, -0.15) is 5.10 Å². The third kappa shape index (κ3) is 3.71. The van der Waals surface area contributed by atoms with Crippen LogP contribution in [-0.4, -0.2) is 21.2 Å². The number of amides is 1. The molecule has 5 nitrogen and oxygen atoms in total. The molecule has 0 aliphatic carbocycles. The van der Waals surface area contributed by atoms with Gasteiger partial charge in [0, 0.05) is 31.1 Å². The molecule has 0 radical (unpaired) electrons. The molecule has 0 saturated heterocycles. The van der Waals surface area contributed by atoms with Crippen molar-refractivity contribution in [2.75, 3.05) is 0 Å². The molecule has 0 spiro atoms. The number of carbonyl (C=O) groups is 1. The SMILES string of the molecule is Cc1nn(C)c(Cl)c1CNC(C)(C)CC(N)=O. The Labute approximate surface area is 106 Å². The lowest BCUT2D eigenvalue weighted by atomic mass is 10.00. The number of rotatable bonds is 5. The van der Waals surface area contributed by atoms with Crippen molar-refractivity contribution in [2.45, 2.75) is 39.3 Å². The lowest BCUT2D eigenvalue weighted by molar-refractivity contribution is -0.119. The van der Waals surface area contributed by atoms with Crippen LogP contribution in [0.4, 0.5) is 0 Å². The van der Waals surface area contributed by atoms with Gasteiger partial charge in [-0.05, 0) is 20.8 Å². The molecule has 1 heterocycles. The third-order valence-electron chi connectivity index (χ3n) is 2.63. The number of nitrogens with zero attached hydrogens (tertiary/aromatic N) is 2. The lowest BCUT2D eigenvalue weighted by Crippen LogP contribution is -2.42. The Morgan fingerprint density at radius 1 is 1.59 bits per heavy atom. The van der Waals surface area contributed by atoms with E-state index < -0.39 is 0 Å². The van der Waals surface area contributed by atoms with E-state index >= 15 is 0 Å². The quantitative estimate of drug-likeness (QED) is 0.832. The molecule has 0 bridgehead atoms. The van der Waals surface area contributed by atoms with Crippen LogP contribution in [0.5, 0.6) is 0 Å². The number of nitrogens with one attached hydrogen (secondary N) is 1. The van der Waals surface area contributed by atoms with Gasteiger partial charge >= 0.3 is 0 Å². The second-order valence-electron chi connectivity index (χ2n) is 4.86. The van der Waals surface area contributed by atoms with Gasteiger partial charge in [0.15, 0.2) is 0 Å². The molecular formula is C11H19ClN4O. The number of hydrogen-bond donors (Lipinski definition) is 2. The molecule has 0 saturated carbocycles. The number of aryl methyl sites for hydroxylation is 2. The highest BCUT2D eigenvalue weighted by Gasteiger charge is 2.21. The molecule has 17 heavy (non-hydrogen) atoms. The third-order valence-corrected chi connectivity index (χ3v) is 3.10. The maximum absolute atomic E-state index is 10.9. The first-order valence-corrected chi connectivity index (χ1v) is 5.82. The molecule has 1 rings (SSSR count). The molecule has 0 unspecified atom stereocenters. The van der Waals surface area contributed by atoms with Crippen molar-refractivity contribution in [2.24, 2.45) is 12.8 Å². The maximum Gasteiger partial charge on any atom is 0.219 e. The monoisotopic (exact) mass is 258 g/mol. The van der Waals surface area contributed by atoms with E-state index in [9.17, 15) is 4.79 Å². The fraction of sp³-hybridized carbons (Fsp3) is 0.636. The van der Waals surface area contributed by atoms with Crippen LogP contribution in [0.1, 0.15) is 31.5 Å². The van der Waals surface area contributed by atoms with E-state index in [1.807, 2.05) is 20.8 Å². The van der Waals surface area contributed by atoms with Crippen molar-refractivity contribution in [3.8, 4) is 0 Å². The van der Waals surface area contributed by atoms with Crippen molar-refractivity contribution < 1.29 is 4.79 Å². The van der Waals surface area contributed by atoms with E-state index in [2.05, 4.69) is 10.4 Å². The first kappa shape index (κ1) is 14.0.